The Labute approximate surface area is 221 Å². The minimum atomic E-state index is -0.678. The Bertz CT molecular complexity index is 1440. The Kier molecular flexibility index (Phi) is 8.83. The molecule has 1 heterocycles. The van der Waals surface area contributed by atoms with E-state index in [-0.39, 0.29) is 12.2 Å². The zero-order chi connectivity index (χ0) is 27.1. The fraction of sp³-hybridized carbons (Fsp3) is 0.310. The number of aliphatic hydroxyl groups is 1. The summed E-state index contributed by atoms with van der Waals surface area (Å²) in [5.41, 5.74) is 2.17. The molecule has 2 N–H and O–H groups in total. The molecule has 1 atom stereocenters. The molecule has 0 radical (unpaired) electrons. The summed E-state index contributed by atoms with van der Waals surface area (Å²) < 4.78 is 23.7. The molecule has 4 rings (SSSR count). The number of rotatable bonds is 12. The first-order chi connectivity index (χ1) is 18.4. The summed E-state index contributed by atoms with van der Waals surface area (Å²) in [5.74, 6) is 2.95. The number of nitrogens with one attached hydrogen (secondary N) is 1. The van der Waals surface area contributed by atoms with E-state index in [4.69, 9.17) is 23.9 Å². The summed E-state index contributed by atoms with van der Waals surface area (Å²) in [5, 5.41) is 13.9. The Morgan fingerprint density at radius 1 is 0.974 bits per heavy atom. The van der Waals surface area contributed by atoms with Crippen molar-refractivity contribution in [3.63, 3.8) is 0 Å². The number of para-hydroxylation sites is 1. The zero-order valence-electron chi connectivity index (χ0n) is 22.1. The van der Waals surface area contributed by atoms with Crippen molar-refractivity contribution in [2.45, 2.75) is 13.0 Å². The monoisotopic (exact) mass is 519 g/mol. The Morgan fingerprint density at radius 2 is 1.68 bits per heavy atom. The third-order valence-electron chi connectivity index (χ3n) is 6.15. The molecule has 0 fully saturated rings. The van der Waals surface area contributed by atoms with E-state index in [1.54, 1.807) is 38.4 Å². The van der Waals surface area contributed by atoms with Crippen LogP contribution in [0.25, 0.3) is 22.3 Å². The van der Waals surface area contributed by atoms with Crippen LogP contribution in [0.2, 0.25) is 0 Å². The van der Waals surface area contributed by atoms with E-state index in [9.17, 15) is 9.90 Å². The second kappa shape index (κ2) is 12.4. The molecule has 0 bridgehead atoms. The van der Waals surface area contributed by atoms with E-state index in [1.165, 1.54) is 11.7 Å². The van der Waals surface area contributed by atoms with Crippen LogP contribution >= 0.6 is 0 Å². The van der Waals surface area contributed by atoms with E-state index < -0.39 is 6.10 Å². The number of methoxy groups -OCH3 is 2. The minimum Gasteiger partial charge on any atom is -0.493 e. The Balaban J connectivity index is 1.32. The number of fused-ring (bicyclic) bond motifs is 1. The molecule has 9 nitrogen and oxygen atoms in total. The van der Waals surface area contributed by atoms with Gasteiger partial charge in [-0.3, -0.25) is 9.36 Å². The predicted octanol–water partition coefficient (Wildman–Crippen LogP) is 3.33. The second-order valence-electron chi connectivity index (χ2n) is 8.83. The van der Waals surface area contributed by atoms with E-state index in [1.807, 2.05) is 43.3 Å². The van der Waals surface area contributed by atoms with Crippen LogP contribution in [0.5, 0.6) is 23.0 Å². The molecule has 0 amide bonds. The summed E-state index contributed by atoms with van der Waals surface area (Å²) in [6, 6.07) is 18.4. The van der Waals surface area contributed by atoms with Gasteiger partial charge in [0.05, 0.1) is 25.1 Å². The highest BCUT2D eigenvalue weighted by molar-refractivity contribution is 5.83. The summed E-state index contributed by atoms with van der Waals surface area (Å²) in [6.45, 7) is 3.64. The molecule has 0 aliphatic carbocycles. The van der Waals surface area contributed by atoms with Crippen molar-refractivity contribution in [1.82, 2.24) is 14.9 Å². The largest absolute Gasteiger partial charge is 0.493 e. The van der Waals surface area contributed by atoms with Crippen molar-refractivity contribution in [1.29, 1.82) is 0 Å². The lowest BCUT2D eigenvalue weighted by molar-refractivity contribution is 0.105. The quantitative estimate of drug-likeness (QED) is 0.275. The second-order valence-corrected chi connectivity index (χ2v) is 8.83. The van der Waals surface area contributed by atoms with Gasteiger partial charge in [0.1, 0.15) is 36.6 Å². The van der Waals surface area contributed by atoms with E-state index in [0.717, 1.165) is 16.9 Å². The molecule has 0 spiro atoms. The van der Waals surface area contributed by atoms with Crippen LogP contribution in [0, 0.1) is 6.92 Å². The number of benzene rings is 3. The number of ether oxygens (including phenoxy) is 4. The maximum Gasteiger partial charge on any atom is 0.261 e. The number of hydrogen-bond donors (Lipinski definition) is 2. The molecule has 4 aromatic rings. The molecule has 200 valence electrons. The topological polar surface area (TPSA) is 104 Å². The summed E-state index contributed by atoms with van der Waals surface area (Å²) in [4.78, 5) is 17.7. The number of aromatic nitrogens is 2. The molecule has 1 aromatic heterocycles. The number of hydrogen-bond acceptors (Lipinski definition) is 8. The van der Waals surface area contributed by atoms with Crippen molar-refractivity contribution >= 4 is 10.9 Å². The normalized spacial score (nSPS) is 11.8. The fourth-order valence-corrected chi connectivity index (χ4v) is 4.03. The molecule has 3 aromatic carbocycles. The lowest BCUT2D eigenvalue weighted by Crippen LogP contribution is -2.33. The van der Waals surface area contributed by atoms with Gasteiger partial charge in [-0.25, -0.2) is 4.98 Å². The van der Waals surface area contributed by atoms with Crippen LogP contribution in [-0.4, -0.2) is 61.3 Å². The predicted molar refractivity (Wildman–Crippen MR) is 147 cm³/mol. The standard InChI is InChI=1S/C29H33N3O6/c1-19-7-5-6-8-25(19)37-14-13-30-17-21(33)18-38-22-11-9-20(10-12-22)28-31-24-16-27(36-4)26(35-3)15-23(24)29(34)32(28)2/h5-12,15-16,21,30,33H,13-14,17-18H2,1-4H3. The third kappa shape index (κ3) is 6.24. The Morgan fingerprint density at radius 3 is 2.39 bits per heavy atom. The molecule has 1 unspecified atom stereocenters. The molecule has 0 saturated carbocycles. The summed E-state index contributed by atoms with van der Waals surface area (Å²) in [7, 11) is 4.75. The van der Waals surface area contributed by atoms with Crippen LogP contribution < -0.4 is 29.8 Å². The van der Waals surface area contributed by atoms with Crippen molar-refractivity contribution in [2.75, 3.05) is 40.5 Å². The van der Waals surface area contributed by atoms with Gasteiger partial charge in [0.2, 0.25) is 0 Å². The molecule has 38 heavy (non-hydrogen) atoms. The highest BCUT2D eigenvalue weighted by atomic mass is 16.5. The zero-order valence-corrected chi connectivity index (χ0v) is 22.1. The highest BCUT2D eigenvalue weighted by Crippen LogP contribution is 2.31. The van der Waals surface area contributed by atoms with Crippen LogP contribution in [0.15, 0.2) is 65.5 Å². The van der Waals surface area contributed by atoms with Gasteiger partial charge in [-0.15, -0.1) is 0 Å². The first-order valence-corrected chi connectivity index (χ1v) is 12.3. The van der Waals surface area contributed by atoms with Crippen LogP contribution in [0.3, 0.4) is 0 Å². The van der Waals surface area contributed by atoms with Gasteiger partial charge in [-0.1, -0.05) is 18.2 Å². The van der Waals surface area contributed by atoms with Crippen LogP contribution in [0.4, 0.5) is 0 Å². The average molecular weight is 520 g/mol. The molecule has 0 aliphatic heterocycles. The third-order valence-corrected chi connectivity index (χ3v) is 6.15. The van der Waals surface area contributed by atoms with Gasteiger partial charge < -0.3 is 29.4 Å². The van der Waals surface area contributed by atoms with Crippen molar-refractivity contribution in [3.8, 4) is 34.4 Å². The number of aryl methyl sites for hydroxylation is 1. The van der Waals surface area contributed by atoms with Gasteiger partial charge in [0.15, 0.2) is 11.5 Å². The van der Waals surface area contributed by atoms with Crippen molar-refractivity contribution in [2.24, 2.45) is 7.05 Å². The molecule has 0 saturated heterocycles. The molecular weight excluding hydrogens is 486 g/mol. The lowest BCUT2D eigenvalue weighted by Gasteiger charge is -2.15. The van der Waals surface area contributed by atoms with E-state index in [2.05, 4.69) is 5.32 Å². The SMILES string of the molecule is COc1cc2nc(-c3ccc(OCC(O)CNCCOc4ccccc4C)cc3)n(C)c(=O)c2cc1OC. The van der Waals surface area contributed by atoms with Crippen molar-refractivity contribution in [3.05, 3.63) is 76.6 Å². The maximum atomic E-state index is 13.0. The minimum absolute atomic E-state index is 0.138. The molecule has 0 aliphatic rings. The van der Waals surface area contributed by atoms with Crippen LogP contribution in [-0.2, 0) is 7.05 Å². The number of nitrogens with zero attached hydrogens (tertiary/aromatic N) is 2. The van der Waals surface area contributed by atoms with Gasteiger partial charge in [0.25, 0.3) is 5.56 Å². The van der Waals surface area contributed by atoms with Gasteiger partial charge >= 0.3 is 0 Å². The van der Waals surface area contributed by atoms with Gasteiger partial charge in [-0.05, 0) is 48.9 Å². The molecule has 9 heteroatoms. The van der Waals surface area contributed by atoms with Gasteiger partial charge in [-0.2, -0.15) is 0 Å². The van der Waals surface area contributed by atoms with E-state index in [0.29, 0.717) is 53.7 Å². The van der Waals surface area contributed by atoms with E-state index >= 15 is 0 Å². The summed E-state index contributed by atoms with van der Waals surface area (Å²) in [6.07, 6.45) is -0.678. The summed E-state index contributed by atoms with van der Waals surface area (Å²) >= 11 is 0. The molecular formula is C29H33N3O6. The first kappa shape index (κ1) is 27.0. The van der Waals surface area contributed by atoms with Crippen LogP contribution in [0.1, 0.15) is 5.56 Å². The van der Waals surface area contributed by atoms with Gasteiger partial charge in [0, 0.05) is 31.8 Å². The average Bonchev–Trinajstić information content (AvgIpc) is 2.94. The smallest absolute Gasteiger partial charge is 0.261 e. The first-order valence-electron chi connectivity index (χ1n) is 12.3. The number of aliphatic hydroxyl groups excluding tert-OH is 1. The fourth-order valence-electron chi connectivity index (χ4n) is 4.03. The van der Waals surface area contributed by atoms with Crippen molar-refractivity contribution < 1.29 is 24.1 Å². The Hall–Kier alpha value is -4.08. The maximum absolute atomic E-state index is 13.0. The lowest BCUT2D eigenvalue weighted by atomic mass is 10.1. The highest BCUT2D eigenvalue weighted by Gasteiger charge is 2.15.